The zero-order valence-corrected chi connectivity index (χ0v) is 14.3. The molecule has 1 aliphatic carbocycles. The van der Waals surface area contributed by atoms with Crippen molar-refractivity contribution in [2.45, 2.75) is 26.2 Å². The van der Waals surface area contributed by atoms with E-state index in [1.54, 1.807) is 24.3 Å². The van der Waals surface area contributed by atoms with E-state index in [2.05, 4.69) is 12.2 Å². The highest BCUT2D eigenvalue weighted by molar-refractivity contribution is 7.17. The van der Waals surface area contributed by atoms with E-state index >= 15 is 0 Å². The van der Waals surface area contributed by atoms with Gasteiger partial charge in [-0.25, -0.2) is 0 Å². The van der Waals surface area contributed by atoms with Gasteiger partial charge in [-0.3, -0.25) is 9.59 Å². The highest BCUT2D eigenvalue weighted by Gasteiger charge is 2.27. The van der Waals surface area contributed by atoms with E-state index in [0.717, 1.165) is 29.7 Å². The first-order valence-electron chi connectivity index (χ1n) is 7.47. The number of carbonyl (C=O) groups is 2. The van der Waals surface area contributed by atoms with Gasteiger partial charge in [0.25, 0.3) is 11.8 Å². The molecular formula is C17H17ClN2O2S. The summed E-state index contributed by atoms with van der Waals surface area (Å²) in [5.41, 5.74) is 7.53. The number of halogens is 1. The van der Waals surface area contributed by atoms with E-state index in [4.69, 9.17) is 17.3 Å². The van der Waals surface area contributed by atoms with Crippen LogP contribution in [-0.4, -0.2) is 11.8 Å². The summed E-state index contributed by atoms with van der Waals surface area (Å²) in [6.07, 6.45) is 2.86. The number of fused-ring (bicyclic) bond motifs is 1. The molecule has 0 saturated carbocycles. The number of nitrogens with one attached hydrogen (secondary N) is 1. The minimum absolute atomic E-state index is 0.268. The van der Waals surface area contributed by atoms with Gasteiger partial charge in [0.2, 0.25) is 0 Å². The van der Waals surface area contributed by atoms with Crippen LogP contribution >= 0.6 is 22.9 Å². The summed E-state index contributed by atoms with van der Waals surface area (Å²) in [6.45, 7) is 2.16. The first-order chi connectivity index (χ1) is 11.0. The lowest BCUT2D eigenvalue weighted by molar-refractivity contribution is 0.1000. The van der Waals surface area contributed by atoms with Crippen LogP contribution in [0.5, 0.6) is 0 Å². The molecule has 1 aromatic heterocycles. The largest absolute Gasteiger partial charge is 0.365 e. The van der Waals surface area contributed by atoms with Crippen LogP contribution in [0.1, 0.15) is 44.5 Å². The van der Waals surface area contributed by atoms with Gasteiger partial charge in [0.15, 0.2) is 0 Å². The predicted molar refractivity (Wildman–Crippen MR) is 93.4 cm³/mol. The molecule has 1 atom stereocenters. The fourth-order valence-electron chi connectivity index (χ4n) is 2.88. The molecule has 1 aromatic carbocycles. The molecule has 0 spiro atoms. The number of primary amides is 1. The minimum atomic E-state index is -0.483. The number of carbonyl (C=O) groups excluding carboxylic acids is 2. The number of hydrogen-bond acceptors (Lipinski definition) is 3. The average Bonchev–Trinajstić information content (AvgIpc) is 2.84. The van der Waals surface area contributed by atoms with Gasteiger partial charge in [0.05, 0.1) is 5.56 Å². The number of aryl methyl sites for hydroxylation is 1. The molecule has 2 aromatic rings. The van der Waals surface area contributed by atoms with Gasteiger partial charge in [-0.15, -0.1) is 11.3 Å². The first-order valence-corrected chi connectivity index (χ1v) is 8.66. The second-order valence-corrected chi connectivity index (χ2v) is 7.42. The van der Waals surface area contributed by atoms with Crippen molar-refractivity contribution >= 4 is 39.8 Å². The van der Waals surface area contributed by atoms with Gasteiger partial charge < -0.3 is 11.1 Å². The maximum Gasteiger partial charge on any atom is 0.256 e. The van der Waals surface area contributed by atoms with Crippen molar-refractivity contribution in [3.05, 3.63) is 50.9 Å². The Morgan fingerprint density at radius 3 is 2.65 bits per heavy atom. The molecular weight excluding hydrogens is 332 g/mol. The molecule has 0 aliphatic heterocycles. The van der Waals surface area contributed by atoms with Crippen LogP contribution in [-0.2, 0) is 12.8 Å². The van der Waals surface area contributed by atoms with Crippen molar-refractivity contribution in [2.24, 2.45) is 11.7 Å². The lowest BCUT2D eigenvalue weighted by atomic mass is 9.87. The Labute approximate surface area is 143 Å². The van der Waals surface area contributed by atoms with Crippen LogP contribution in [0.15, 0.2) is 24.3 Å². The molecule has 1 aliphatic rings. The number of benzene rings is 1. The Hall–Kier alpha value is -1.85. The van der Waals surface area contributed by atoms with Crippen LogP contribution in [0.25, 0.3) is 0 Å². The summed E-state index contributed by atoms with van der Waals surface area (Å²) in [5, 5.41) is 3.96. The number of amides is 2. The smallest absolute Gasteiger partial charge is 0.256 e. The van der Waals surface area contributed by atoms with Crippen molar-refractivity contribution < 1.29 is 9.59 Å². The maximum atomic E-state index is 12.4. The van der Waals surface area contributed by atoms with E-state index in [1.807, 2.05) is 0 Å². The summed E-state index contributed by atoms with van der Waals surface area (Å²) < 4.78 is 0. The van der Waals surface area contributed by atoms with E-state index in [0.29, 0.717) is 27.1 Å². The lowest BCUT2D eigenvalue weighted by Crippen LogP contribution is -2.19. The number of nitrogens with two attached hydrogens (primary N) is 1. The normalized spacial score (nSPS) is 16.7. The SMILES string of the molecule is C[C@H]1CCc2sc(NC(=O)c3ccc(Cl)cc3)c(C(N)=O)c2C1. The third-order valence-electron chi connectivity index (χ3n) is 4.09. The van der Waals surface area contributed by atoms with Crippen LogP contribution in [0, 0.1) is 5.92 Å². The number of anilines is 1. The molecule has 0 unspecified atom stereocenters. The highest BCUT2D eigenvalue weighted by Crippen LogP contribution is 2.39. The quantitative estimate of drug-likeness (QED) is 0.883. The van der Waals surface area contributed by atoms with Crippen LogP contribution in [0.3, 0.4) is 0 Å². The van der Waals surface area contributed by atoms with Gasteiger partial charge in [-0.2, -0.15) is 0 Å². The van der Waals surface area contributed by atoms with Gasteiger partial charge in [0, 0.05) is 15.5 Å². The van der Waals surface area contributed by atoms with Crippen molar-refractivity contribution in [3.8, 4) is 0 Å². The molecule has 3 N–H and O–H groups in total. The van der Waals surface area contributed by atoms with Crippen molar-refractivity contribution in [3.63, 3.8) is 0 Å². The number of rotatable bonds is 3. The molecule has 3 rings (SSSR count). The molecule has 0 fully saturated rings. The van der Waals surface area contributed by atoms with E-state index in [1.165, 1.54) is 11.3 Å². The third-order valence-corrected chi connectivity index (χ3v) is 5.55. The fourth-order valence-corrected chi connectivity index (χ4v) is 4.25. The van der Waals surface area contributed by atoms with Crippen molar-refractivity contribution in [1.82, 2.24) is 0 Å². The second-order valence-electron chi connectivity index (χ2n) is 5.88. The van der Waals surface area contributed by atoms with Crippen LogP contribution in [0.4, 0.5) is 5.00 Å². The molecule has 120 valence electrons. The monoisotopic (exact) mass is 348 g/mol. The molecule has 0 saturated heterocycles. The summed E-state index contributed by atoms with van der Waals surface area (Å²) >= 11 is 7.29. The van der Waals surface area contributed by atoms with Gasteiger partial charge in [-0.05, 0) is 55.0 Å². The maximum absolute atomic E-state index is 12.4. The van der Waals surface area contributed by atoms with Crippen molar-refractivity contribution in [2.75, 3.05) is 5.32 Å². The Bertz CT molecular complexity index is 768. The second kappa shape index (κ2) is 6.34. The average molecular weight is 349 g/mol. The minimum Gasteiger partial charge on any atom is -0.365 e. The zero-order chi connectivity index (χ0) is 16.6. The molecule has 0 radical (unpaired) electrons. The number of hydrogen-bond donors (Lipinski definition) is 2. The summed E-state index contributed by atoms with van der Waals surface area (Å²) in [5.74, 6) is -0.228. The van der Waals surface area contributed by atoms with Crippen LogP contribution < -0.4 is 11.1 Å². The first kappa shape index (κ1) is 16.0. The Morgan fingerprint density at radius 2 is 2.00 bits per heavy atom. The van der Waals surface area contributed by atoms with E-state index in [-0.39, 0.29) is 5.91 Å². The lowest BCUT2D eigenvalue weighted by Gasteiger charge is -2.18. The molecule has 0 bridgehead atoms. The summed E-state index contributed by atoms with van der Waals surface area (Å²) in [7, 11) is 0. The highest BCUT2D eigenvalue weighted by atomic mass is 35.5. The number of thiophene rings is 1. The van der Waals surface area contributed by atoms with Crippen molar-refractivity contribution in [1.29, 1.82) is 0 Å². The van der Waals surface area contributed by atoms with E-state index in [9.17, 15) is 9.59 Å². The van der Waals surface area contributed by atoms with Crippen LogP contribution in [0.2, 0.25) is 5.02 Å². The van der Waals surface area contributed by atoms with Gasteiger partial charge >= 0.3 is 0 Å². The van der Waals surface area contributed by atoms with Gasteiger partial charge in [0.1, 0.15) is 5.00 Å². The molecule has 6 heteroatoms. The Balaban J connectivity index is 1.92. The zero-order valence-electron chi connectivity index (χ0n) is 12.7. The molecule has 2 amide bonds. The Kier molecular flexibility index (Phi) is 4.41. The summed E-state index contributed by atoms with van der Waals surface area (Å²) in [4.78, 5) is 25.4. The molecule has 23 heavy (non-hydrogen) atoms. The topological polar surface area (TPSA) is 72.2 Å². The standard InChI is InChI=1S/C17H17ClN2O2S/c1-9-2-7-13-12(8-9)14(15(19)21)17(23-13)20-16(22)10-3-5-11(18)6-4-10/h3-6,9H,2,7-8H2,1H3,(H2,19,21)(H,20,22)/t9-/m0/s1. The Morgan fingerprint density at radius 1 is 1.30 bits per heavy atom. The third kappa shape index (κ3) is 3.26. The molecule has 1 heterocycles. The predicted octanol–water partition coefficient (Wildman–Crippen LogP) is 3.88. The summed E-state index contributed by atoms with van der Waals surface area (Å²) in [6, 6.07) is 6.62. The van der Waals surface area contributed by atoms with E-state index < -0.39 is 5.91 Å². The fraction of sp³-hybridized carbons (Fsp3) is 0.294. The molecule has 4 nitrogen and oxygen atoms in total. The van der Waals surface area contributed by atoms with Gasteiger partial charge in [-0.1, -0.05) is 18.5 Å².